The Bertz CT molecular complexity index is 281. The van der Waals surface area contributed by atoms with Crippen molar-refractivity contribution in [3.63, 3.8) is 0 Å². The summed E-state index contributed by atoms with van der Waals surface area (Å²) >= 11 is 5.35. The average Bonchev–Trinajstić information content (AvgIpc) is 2.53. The minimum atomic E-state index is 0.291. The Morgan fingerprint density at radius 3 is 2.64 bits per heavy atom. The molecule has 0 bridgehead atoms. The van der Waals surface area contributed by atoms with Crippen LogP contribution in [0.1, 0.15) is 32.1 Å². The Balaban J connectivity index is 2.56. The summed E-state index contributed by atoms with van der Waals surface area (Å²) in [6, 6.07) is 4.36. The van der Waals surface area contributed by atoms with Crippen molar-refractivity contribution in [2.45, 2.75) is 32.6 Å². The van der Waals surface area contributed by atoms with Crippen LogP contribution in [-0.4, -0.2) is 13.1 Å². The molecule has 0 saturated heterocycles. The van der Waals surface area contributed by atoms with E-state index in [9.17, 15) is 0 Å². The maximum Gasteiger partial charge on any atom is 0.0701 e. The molecule has 1 aromatic heterocycles. The van der Waals surface area contributed by atoms with Crippen LogP contribution in [0.25, 0.3) is 0 Å². The predicted molar refractivity (Wildman–Crippen MR) is 68.2 cm³/mol. The number of nitrogens with one attached hydrogen (secondary N) is 1. The van der Waals surface area contributed by atoms with Crippen molar-refractivity contribution in [3.05, 3.63) is 20.8 Å². The molecule has 0 spiro atoms. The van der Waals surface area contributed by atoms with Crippen molar-refractivity contribution in [3.8, 4) is 0 Å². The van der Waals surface area contributed by atoms with Gasteiger partial charge in [0.15, 0.2) is 0 Å². The Hall–Kier alpha value is 0.140. The Kier molecular flexibility index (Phi) is 4.61. The van der Waals surface area contributed by atoms with Gasteiger partial charge in [-0.15, -0.1) is 11.3 Å². The third kappa shape index (κ3) is 3.37. The monoisotopic (exact) mass is 275 g/mol. The van der Waals surface area contributed by atoms with Crippen molar-refractivity contribution in [2.75, 3.05) is 13.1 Å². The van der Waals surface area contributed by atoms with Gasteiger partial charge < -0.3 is 5.32 Å². The third-order valence-corrected chi connectivity index (χ3v) is 4.41. The number of thiophene rings is 1. The van der Waals surface area contributed by atoms with E-state index in [1.165, 1.54) is 15.1 Å². The van der Waals surface area contributed by atoms with Gasteiger partial charge in [-0.05, 0) is 47.6 Å². The van der Waals surface area contributed by atoms with Crippen LogP contribution in [0, 0.1) is 0 Å². The summed E-state index contributed by atoms with van der Waals surface area (Å²) in [5.74, 6) is 0. The number of hydrogen-bond acceptors (Lipinski definition) is 2. The molecule has 0 aliphatic heterocycles. The SMILES string of the molecule is CCNCCC(C)(C)c1ccc(Br)s1. The van der Waals surface area contributed by atoms with Crippen LogP contribution in [0.5, 0.6) is 0 Å². The zero-order chi connectivity index (χ0) is 10.6. The van der Waals surface area contributed by atoms with Crippen LogP contribution in [-0.2, 0) is 5.41 Å². The van der Waals surface area contributed by atoms with Gasteiger partial charge in [0.2, 0.25) is 0 Å². The van der Waals surface area contributed by atoms with E-state index in [0.29, 0.717) is 5.41 Å². The summed E-state index contributed by atoms with van der Waals surface area (Å²) in [6.07, 6.45) is 1.19. The van der Waals surface area contributed by atoms with E-state index in [1.54, 1.807) is 0 Å². The summed E-state index contributed by atoms with van der Waals surface area (Å²) in [4.78, 5) is 1.46. The maximum atomic E-state index is 3.51. The number of hydrogen-bond donors (Lipinski definition) is 1. The molecule has 1 N–H and O–H groups in total. The predicted octanol–water partition coefficient (Wildman–Crippen LogP) is 3.79. The highest BCUT2D eigenvalue weighted by Crippen LogP contribution is 2.34. The summed E-state index contributed by atoms with van der Waals surface area (Å²) in [5, 5.41) is 3.37. The van der Waals surface area contributed by atoms with Crippen LogP contribution >= 0.6 is 27.3 Å². The van der Waals surface area contributed by atoms with Crippen LogP contribution in [0.2, 0.25) is 0 Å². The minimum absolute atomic E-state index is 0.291. The van der Waals surface area contributed by atoms with Gasteiger partial charge in [0.05, 0.1) is 3.79 Å². The highest BCUT2D eigenvalue weighted by Gasteiger charge is 2.21. The van der Waals surface area contributed by atoms with Crippen LogP contribution < -0.4 is 5.32 Å². The molecule has 0 atom stereocenters. The second kappa shape index (κ2) is 5.29. The van der Waals surface area contributed by atoms with E-state index in [2.05, 4.69) is 54.2 Å². The molecule has 0 aliphatic rings. The fourth-order valence-corrected chi connectivity index (χ4v) is 2.89. The van der Waals surface area contributed by atoms with Crippen molar-refractivity contribution >= 4 is 27.3 Å². The number of rotatable bonds is 5. The van der Waals surface area contributed by atoms with Crippen molar-refractivity contribution in [1.82, 2.24) is 5.32 Å². The fourth-order valence-electron chi connectivity index (χ4n) is 1.38. The van der Waals surface area contributed by atoms with Crippen molar-refractivity contribution < 1.29 is 0 Å². The van der Waals surface area contributed by atoms with E-state index in [4.69, 9.17) is 0 Å². The van der Waals surface area contributed by atoms with Gasteiger partial charge in [-0.2, -0.15) is 0 Å². The zero-order valence-corrected chi connectivity index (χ0v) is 11.5. The van der Waals surface area contributed by atoms with E-state index in [0.717, 1.165) is 13.1 Å². The molecular formula is C11H18BrNS. The summed E-state index contributed by atoms with van der Waals surface area (Å²) in [6.45, 7) is 8.92. The van der Waals surface area contributed by atoms with Gasteiger partial charge in [-0.3, -0.25) is 0 Å². The molecule has 0 aliphatic carbocycles. The first-order valence-corrected chi connectivity index (χ1v) is 6.64. The molecule has 0 amide bonds. The minimum Gasteiger partial charge on any atom is -0.317 e. The molecule has 0 aromatic carbocycles. The lowest BCUT2D eigenvalue weighted by Gasteiger charge is -2.23. The molecule has 0 radical (unpaired) electrons. The average molecular weight is 276 g/mol. The lowest BCUT2D eigenvalue weighted by atomic mass is 9.87. The Morgan fingerprint density at radius 1 is 1.43 bits per heavy atom. The van der Waals surface area contributed by atoms with E-state index >= 15 is 0 Å². The molecule has 1 heterocycles. The first-order valence-electron chi connectivity index (χ1n) is 5.03. The first kappa shape index (κ1) is 12.2. The largest absolute Gasteiger partial charge is 0.317 e. The number of halogens is 1. The molecule has 14 heavy (non-hydrogen) atoms. The van der Waals surface area contributed by atoms with Gasteiger partial charge in [-0.25, -0.2) is 0 Å². The van der Waals surface area contributed by atoms with Crippen molar-refractivity contribution in [1.29, 1.82) is 0 Å². The first-order chi connectivity index (χ1) is 6.56. The molecule has 80 valence electrons. The van der Waals surface area contributed by atoms with Crippen LogP contribution in [0.3, 0.4) is 0 Å². The lowest BCUT2D eigenvalue weighted by molar-refractivity contribution is 0.469. The molecular weight excluding hydrogens is 258 g/mol. The maximum absolute atomic E-state index is 3.51. The molecule has 0 unspecified atom stereocenters. The zero-order valence-electron chi connectivity index (χ0n) is 9.06. The third-order valence-electron chi connectivity index (χ3n) is 2.42. The normalized spacial score (nSPS) is 12.0. The van der Waals surface area contributed by atoms with Crippen LogP contribution in [0.15, 0.2) is 15.9 Å². The summed E-state index contributed by atoms with van der Waals surface area (Å²) in [5.41, 5.74) is 0.291. The molecule has 3 heteroatoms. The van der Waals surface area contributed by atoms with Crippen LogP contribution in [0.4, 0.5) is 0 Å². The molecule has 1 nitrogen and oxygen atoms in total. The fraction of sp³-hybridized carbons (Fsp3) is 0.636. The van der Waals surface area contributed by atoms with E-state index in [1.807, 2.05) is 11.3 Å². The van der Waals surface area contributed by atoms with Gasteiger partial charge in [0.25, 0.3) is 0 Å². The van der Waals surface area contributed by atoms with Gasteiger partial charge in [0.1, 0.15) is 0 Å². The van der Waals surface area contributed by atoms with E-state index < -0.39 is 0 Å². The highest BCUT2D eigenvalue weighted by molar-refractivity contribution is 9.11. The van der Waals surface area contributed by atoms with Gasteiger partial charge in [-0.1, -0.05) is 20.8 Å². The van der Waals surface area contributed by atoms with Gasteiger partial charge >= 0.3 is 0 Å². The standard InChI is InChI=1S/C11H18BrNS/c1-4-13-8-7-11(2,3)9-5-6-10(12)14-9/h5-6,13H,4,7-8H2,1-3H3. The second-order valence-electron chi connectivity index (χ2n) is 4.09. The molecule has 0 fully saturated rings. The van der Waals surface area contributed by atoms with Crippen molar-refractivity contribution in [2.24, 2.45) is 0 Å². The van der Waals surface area contributed by atoms with E-state index in [-0.39, 0.29) is 0 Å². The molecule has 0 saturated carbocycles. The summed E-state index contributed by atoms with van der Waals surface area (Å²) < 4.78 is 1.23. The topological polar surface area (TPSA) is 12.0 Å². The molecule has 1 rings (SSSR count). The quantitative estimate of drug-likeness (QED) is 0.807. The summed E-state index contributed by atoms with van der Waals surface area (Å²) in [7, 11) is 0. The molecule has 1 aromatic rings. The highest BCUT2D eigenvalue weighted by atomic mass is 79.9. The smallest absolute Gasteiger partial charge is 0.0701 e. The second-order valence-corrected chi connectivity index (χ2v) is 6.55. The van der Waals surface area contributed by atoms with Gasteiger partial charge in [0, 0.05) is 10.3 Å². The Morgan fingerprint density at radius 2 is 2.14 bits per heavy atom. The Labute approximate surface area is 99.0 Å². The lowest BCUT2D eigenvalue weighted by Crippen LogP contribution is -2.24.